The van der Waals surface area contributed by atoms with Crippen molar-refractivity contribution in [3.8, 4) is 22.8 Å². The number of hydrogen-bond acceptors (Lipinski definition) is 10. The molecule has 228 valence electrons. The second-order valence-corrected chi connectivity index (χ2v) is 10.9. The molecule has 0 unspecified atom stereocenters. The molecule has 2 aromatic carbocycles. The Morgan fingerprint density at radius 2 is 1.95 bits per heavy atom. The molecule has 0 bridgehead atoms. The minimum Gasteiger partial charge on any atom is -0.497 e. The zero-order valence-electron chi connectivity index (χ0n) is 24.9. The van der Waals surface area contributed by atoms with E-state index >= 15 is 0 Å². The highest BCUT2D eigenvalue weighted by Gasteiger charge is 2.36. The third-order valence-electron chi connectivity index (χ3n) is 7.29. The van der Waals surface area contributed by atoms with Crippen LogP contribution in [0.1, 0.15) is 49.6 Å². The van der Waals surface area contributed by atoms with Gasteiger partial charge in [0.05, 0.1) is 41.6 Å². The van der Waals surface area contributed by atoms with Crippen molar-refractivity contribution >= 4 is 29.1 Å². The lowest BCUT2D eigenvalue weighted by Gasteiger charge is -2.27. The van der Waals surface area contributed by atoms with Gasteiger partial charge in [0.15, 0.2) is 4.80 Å². The number of thiazole rings is 1. The summed E-state index contributed by atoms with van der Waals surface area (Å²) in [6, 6.07) is 12.5. The predicted octanol–water partition coefficient (Wildman–Crippen LogP) is 5.07. The minimum absolute atomic E-state index is 0.0120. The second-order valence-electron chi connectivity index (χ2n) is 9.93. The molecule has 1 aliphatic rings. The second kappa shape index (κ2) is 12.7. The van der Waals surface area contributed by atoms with Crippen LogP contribution < -0.4 is 24.4 Å². The van der Waals surface area contributed by atoms with Crippen LogP contribution in [0.25, 0.3) is 17.4 Å². The van der Waals surface area contributed by atoms with E-state index in [0.717, 1.165) is 0 Å². The van der Waals surface area contributed by atoms with Gasteiger partial charge in [0.2, 0.25) is 0 Å². The van der Waals surface area contributed by atoms with Crippen LogP contribution in [0.15, 0.2) is 74.0 Å². The Labute approximate surface area is 256 Å². The molecule has 4 aromatic rings. The summed E-state index contributed by atoms with van der Waals surface area (Å²) in [5.41, 5.74) is 2.00. The Bertz CT molecular complexity index is 1970. The van der Waals surface area contributed by atoms with Crippen molar-refractivity contribution in [2.45, 2.75) is 39.7 Å². The highest BCUT2D eigenvalue weighted by atomic mass is 32.1. The topological polar surface area (TPSA) is 135 Å². The largest absolute Gasteiger partial charge is 0.497 e. The number of carbonyl (C=O) groups excluding carboxylic acids is 1. The fourth-order valence-electron chi connectivity index (χ4n) is 5.26. The first-order valence-corrected chi connectivity index (χ1v) is 14.8. The average molecular weight is 618 g/mol. The van der Waals surface area contributed by atoms with Crippen molar-refractivity contribution in [1.82, 2.24) is 4.57 Å². The van der Waals surface area contributed by atoms with E-state index in [0.29, 0.717) is 67.6 Å². The van der Waals surface area contributed by atoms with Crippen LogP contribution in [0.2, 0.25) is 0 Å². The third-order valence-corrected chi connectivity index (χ3v) is 8.27. The molecule has 11 nitrogen and oxygen atoms in total. The Balaban J connectivity index is 1.71. The highest BCUT2D eigenvalue weighted by molar-refractivity contribution is 7.07. The average Bonchev–Trinajstić information content (AvgIpc) is 3.60. The fourth-order valence-corrected chi connectivity index (χ4v) is 6.26. The summed E-state index contributed by atoms with van der Waals surface area (Å²) in [7, 11) is 3.06. The van der Waals surface area contributed by atoms with Crippen molar-refractivity contribution < 1.29 is 28.3 Å². The number of benzene rings is 2. The standard InChI is InChI=1S/C32H31N3O8S/c1-6-9-23-28(31(37)42-7-2)29(22-16-19(40-4)12-14-25(22)41-5)34-30(36)27(44-32(34)33-23)17-20-13-15-26(43-20)21-10-8-11-24(18(21)3)35(38)39/h8,10-17,29H,6-7,9H2,1-5H3/b27-17-/t29-/m1/s1. The van der Waals surface area contributed by atoms with Gasteiger partial charge in [0.25, 0.3) is 11.2 Å². The van der Waals surface area contributed by atoms with E-state index in [9.17, 15) is 19.7 Å². The zero-order valence-corrected chi connectivity index (χ0v) is 25.7. The van der Waals surface area contributed by atoms with Crippen molar-refractivity contribution in [3.63, 3.8) is 0 Å². The van der Waals surface area contributed by atoms with Crippen LogP contribution in [0, 0.1) is 17.0 Å². The summed E-state index contributed by atoms with van der Waals surface area (Å²) >= 11 is 1.17. The molecule has 0 aliphatic carbocycles. The summed E-state index contributed by atoms with van der Waals surface area (Å²) in [4.78, 5) is 43.8. The number of nitro groups is 1. The molecule has 0 spiro atoms. The molecule has 0 saturated heterocycles. The van der Waals surface area contributed by atoms with Crippen molar-refractivity contribution in [1.29, 1.82) is 0 Å². The number of hydrogen-bond donors (Lipinski definition) is 0. The number of allylic oxidation sites excluding steroid dienone is 1. The Hall–Kier alpha value is -4.97. The van der Waals surface area contributed by atoms with Gasteiger partial charge in [-0.15, -0.1) is 0 Å². The van der Waals surface area contributed by atoms with Crippen LogP contribution >= 0.6 is 11.3 Å². The quantitative estimate of drug-likeness (QED) is 0.137. The summed E-state index contributed by atoms with van der Waals surface area (Å²) in [5.74, 6) is 1.24. The highest BCUT2D eigenvalue weighted by Crippen LogP contribution is 2.39. The lowest BCUT2D eigenvalue weighted by atomic mass is 9.93. The molecule has 1 atom stereocenters. The van der Waals surface area contributed by atoms with Gasteiger partial charge in [-0.1, -0.05) is 36.8 Å². The van der Waals surface area contributed by atoms with Gasteiger partial charge >= 0.3 is 5.97 Å². The van der Waals surface area contributed by atoms with Crippen LogP contribution in [0.5, 0.6) is 11.5 Å². The molecule has 0 saturated carbocycles. The Morgan fingerprint density at radius 1 is 1.16 bits per heavy atom. The molecule has 3 heterocycles. The first-order chi connectivity index (χ1) is 21.2. The predicted molar refractivity (Wildman–Crippen MR) is 165 cm³/mol. The van der Waals surface area contributed by atoms with Crippen molar-refractivity contribution in [2.24, 2.45) is 4.99 Å². The number of carbonyl (C=O) groups is 1. The van der Waals surface area contributed by atoms with Gasteiger partial charge in [-0.2, -0.15) is 0 Å². The number of nitro benzene ring substituents is 1. The molecule has 0 radical (unpaired) electrons. The first kappa shape index (κ1) is 30.5. The van der Waals surface area contributed by atoms with Gasteiger partial charge in [-0.05, 0) is 50.6 Å². The first-order valence-electron chi connectivity index (χ1n) is 14.0. The normalized spacial score (nSPS) is 14.7. The minimum atomic E-state index is -0.890. The Morgan fingerprint density at radius 3 is 2.64 bits per heavy atom. The van der Waals surface area contributed by atoms with E-state index in [4.69, 9.17) is 23.6 Å². The number of rotatable bonds is 10. The van der Waals surface area contributed by atoms with Crippen LogP contribution in [0.4, 0.5) is 5.69 Å². The van der Waals surface area contributed by atoms with E-state index < -0.39 is 16.9 Å². The fraction of sp³-hybridized carbons (Fsp3) is 0.281. The van der Waals surface area contributed by atoms with Crippen LogP contribution in [0.3, 0.4) is 0 Å². The number of nitrogens with zero attached hydrogens (tertiary/aromatic N) is 3. The van der Waals surface area contributed by atoms with Gasteiger partial charge in [0, 0.05) is 28.8 Å². The van der Waals surface area contributed by atoms with E-state index in [-0.39, 0.29) is 23.4 Å². The number of methoxy groups -OCH3 is 2. The maximum atomic E-state index is 14.1. The van der Waals surface area contributed by atoms with Gasteiger partial charge in [-0.25, -0.2) is 9.79 Å². The zero-order chi connectivity index (χ0) is 31.5. The number of furan rings is 1. The van der Waals surface area contributed by atoms with E-state index in [2.05, 4.69) is 0 Å². The van der Waals surface area contributed by atoms with E-state index in [1.54, 1.807) is 62.4 Å². The number of fused-ring (bicyclic) bond motifs is 1. The van der Waals surface area contributed by atoms with Crippen LogP contribution in [-0.4, -0.2) is 36.3 Å². The maximum absolute atomic E-state index is 14.1. The molecule has 12 heteroatoms. The molecule has 0 N–H and O–H groups in total. The molecule has 44 heavy (non-hydrogen) atoms. The summed E-state index contributed by atoms with van der Waals surface area (Å²) in [6.07, 6.45) is 2.81. The smallest absolute Gasteiger partial charge is 0.338 e. The number of esters is 1. The molecule has 5 rings (SSSR count). The lowest BCUT2D eigenvalue weighted by Crippen LogP contribution is -2.40. The lowest BCUT2D eigenvalue weighted by molar-refractivity contribution is -0.385. The van der Waals surface area contributed by atoms with Gasteiger partial charge in [0.1, 0.15) is 29.1 Å². The number of aromatic nitrogens is 1. The Kier molecular flexibility index (Phi) is 8.81. The van der Waals surface area contributed by atoms with Gasteiger partial charge < -0.3 is 18.6 Å². The van der Waals surface area contributed by atoms with Gasteiger partial charge in [-0.3, -0.25) is 19.5 Å². The van der Waals surface area contributed by atoms with Crippen LogP contribution in [-0.2, 0) is 9.53 Å². The molecular formula is C32H31N3O8S. The summed E-state index contributed by atoms with van der Waals surface area (Å²) in [6.45, 7) is 5.52. The number of ether oxygens (including phenoxy) is 3. The monoisotopic (exact) mass is 617 g/mol. The molecule has 1 aliphatic heterocycles. The third kappa shape index (κ3) is 5.55. The van der Waals surface area contributed by atoms with E-state index in [1.165, 1.54) is 36.2 Å². The maximum Gasteiger partial charge on any atom is 0.338 e. The SMILES string of the molecule is CCCC1=C(C(=O)OCC)[C@@H](c2cc(OC)ccc2OC)n2c(s/c(=C\c3ccc(-c4cccc([N+](=O)[O-])c4C)o3)c2=O)=N1. The van der Waals surface area contributed by atoms with Crippen molar-refractivity contribution in [2.75, 3.05) is 20.8 Å². The summed E-state index contributed by atoms with van der Waals surface area (Å²) < 4.78 is 24.5. The molecular weight excluding hydrogens is 586 g/mol. The van der Waals surface area contributed by atoms with E-state index in [1.807, 2.05) is 6.92 Å². The molecule has 2 aromatic heterocycles. The molecule has 0 amide bonds. The van der Waals surface area contributed by atoms with Crippen molar-refractivity contribution in [3.05, 3.63) is 106 Å². The summed E-state index contributed by atoms with van der Waals surface area (Å²) in [5, 5.41) is 11.4. The molecule has 0 fully saturated rings.